The number of pyridine rings is 1. The molecule has 9 nitrogen and oxygen atoms in total. The number of rotatable bonds is 7. The third-order valence-corrected chi connectivity index (χ3v) is 6.77. The molecule has 180 valence electrons. The number of aryl methyl sites for hydroxylation is 1. The number of aliphatic hydroxyl groups excluding tert-OH is 1. The van der Waals surface area contributed by atoms with Crippen LogP contribution in [0.4, 0.5) is 5.13 Å². The van der Waals surface area contributed by atoms with E-state index in [1.807, 2.05) is 6.92 Å². The Hall–Kier alpha value is -4.05. The number of anilines is 1. The lowest BCUT2D eigenvalue weighted by Crippen LogP contribution is -2.29. The van der Waals surface area contributed by atoms with Crippen molar-refractivity contribution in [3.63, 3.8) is 0 Å². The minimum absolute atomic E-state index is 0.107. The Bertz CT molecular complexity index is 1350. The van der Waals surface area contributed by atoms with E-state index in [1.54, 1.807) is 37.3 Å². The van der Waals surface area contributed by atoms with E-state index in [1.165, 1.54) is 31.3 Å². The zero-order valence-electron chi connectivity index (χ0n) is 19.6. The molecule has 3 aromatic rings. The van der Waals surface area contributed by atoms with Gasteiger partial charge in [-0.1, -0.05) is 17.4 Å². The van der Waals surface area contributed by atoms with Crippen molar-refractivity contribution in [1.29, 1.82) is 0 Å². The number of hydrogen-bond donors (Lipinski definition) is 1. The van der Waals surface area contributed by atoms with Gasteiger partial charge in [-0.25, -0.2) is 4.98 Å². The fraction of sp³-hybridized carbons (Fsp3) is 0.240. The van der Waals surface area contributed by atoms with Crippen molar-refractivity contribution < 1.29 is 29.0 Å². The summed E-state index contributed by atoms with van der Waals surface area (Å²) in [6, 6.07) is 7.10. The number of carbonyl (C=O) groups is 3. The zero-order valence-corrected chi connectivity index (χ0v) is 20.4. The topological polar surface area (TPSA) is 119 Å². The quantitative estimate of drug-likeness (QED) is 0.226. The van der Waals surface area contributed by atoms with Crippen molar-refractivity contribution in [3.05, 3.63) is 70.0 Å². The van der Waals surface area contributed by atoms with Gasteiger partial charge >= 0.3 is 5.91 Å². The summed E-state index contributed by atoms with van der Waals surface area (Å²) < 4.78 is 11.1. The Balaban J connectivity index is 1.96. The third-order valence-electron chi connectivity index (χ3n) is 5.51. The van der Waals surface area contributed by atoms with Crippen molar-refractivity contribution in [2.75, 3.05) is 18.6 Å². The normalized spacial score (nSPS) is 17.0. The molecule has 1 amide bonds. The first-order valence-electron chi connectivity index (χ1n) is 10.8. The number of methoxy groups -OCH3 is 1. The van der Waals surface area contributed by atoms with Crippen LogP contribution < -0.4 is 14.4 Å². The molecule has 1 saturated heterocycles. The minimum Gasteiger partial charge on any atom is -0.507 e. The van der Waals surface area contributed by atoms with E-state index in [0.29, 0.717) is 39.8 Å². The standard InChI is InChI=1S/C25H23N3O6S/c1-5-34-17-7-6-16(12-18(17)33-4)20-19(21(30)15-8-10-26-11-9-15)22(31)24(32)28(20)25-27-13(2)23(35-25)14(3)29/h6-12,20,30H,5H2,1-4H3/b21-19+. The van der Waals surface area contributed by atoms with Crippen LogP contribution in [-0.2, 0) is 9.59 Å². The number of hydrogen-bond acceptors (Lipinski definition) is 9. The van der Waals surface area contributed by atoms with Crippen LogP contribution in [0.5, 0.6) is 11.5 Å². The monoisotopic (exact) mass is 493 g/mol. The summed E-state index contributed by atoms with van der Waals surface area (Å²) in [6.07, 6.45) is 2.95. The van der Waals surface area contributed by atoms with Crippen LogP contribution in [0.2, 0.25) is 0 Å². The summed E-state index contributed by atoms with van der Waals surface area (Å²) in [6.45, 7) is 5.34. The second kappa shape index (κ2) is 9.67. The van der Waals surface area contributed by atoms with Gasteiger partial charge in [0.1, 0.15) is 5.76 Å². The fourth-order valence-corrected chi connectivity index (χ4v) is 4.94. The molecule has 1 fully saturated rings. The van der Waals surface area contributed by atoms with Crippen molar-refractivity contribution in [1.82, 2.24) is 9.97 Å². The highest BCUT2D eigenvalue weighted by atomic mass is 32.1. The highest BCUT2D eigenvalue weighted by molar-refractivity contribution is 7.18. The molecule has 3 heterocycles. The molecule has 0 aliphatic carbocycles. The zero-order chi connectivity index (χ0) is 25.3. The van der Waals surface area contributed by atoms with Crippen molar-refractivity contribution in [2.45, 2.75) is 26.8 Å². The summed E-state index contributed by atoms with van der Waals surface area (Å²) >= 11 is 1.02. The van der Waals surface area contributed by atoms with Crippen LogP contribution >= 0.6 is 11.3 Å². The highest BCUT2D eigenvalue weighted by Crippen LogP contribution is 2.45. The molecule has 2 aromatic heterocycles. The third kappa shape index (κ3) is 4.28. The van der Waals surface area contributed by atoms with Gasteiger partial charge in [-0.3, -0.25) is 24.3 Å². The van der Waals surface area contributed by atoms with Gasteiger partial charge in [-0.2, -0.15) is 0 Å². The molecule has 1 aromatic carbocycles. The van der Waals surface area contributed by atoms with Gasteiger partial charge in [-0.05, 0) is 43.7 Å². The maximum absolute atomic E-state index is 13.3. The molecule has 1 aliphatic rings. The molecule has 1 N–H and O–H groups in total. The molecule has 0 spiro atoms. The summed E-state index contributed by atoms with van der Waals surface area (Å²) in [5.74, 6) is -1.37. The molecule has 1 aliphatic heterocycles. The first kappa shape index (κ1) is 24.1. The van der Waals surface area contributed by atoms with Gasteiger partial charge in [0.2, 0.25) is 0 Å². The fourth-order valence-electron chi connectivity index (χ4n) is 3.95. The maximum Gasteiger partial charge on any atom is 0.301 e. The second-order valence-corrected chi connectivity index (χ2v) is 8.69. The minimum atomic E-state index is -1.02. The van der Waals surface area contributed by atoms with E-state index >= 15 is 0 Å². The van der Waals surface area contributed by atoms with Crippen molar-refractivity contribution >= 4 is 39.7 Å². The van der Waals surface area contributed by atoms with E-state index in [-0.39, 0.29) is 22.2 Å². The number of carbonyl (C=O) groups excluding carboxylic acids is 3. The molecule has 1 unspecified atom stereocenters. The van der Waals surface area contributed by atoms with Gasteiger partial charge in [0.15, 0.2) is 22.4 Å². The Kier molecular flexibility index (Phi) is 6.65. The average Bonchev–Trinajstić information content (AvgIpc) is 3.36. The Morgan fingerprint density at radius 3 is 2.49 bits per heavy atom. The Labute approximate surface area is 205 Å². The van der Waals surface area contributed by atoms with E-state index in [2.05, 4.69) is 9.97 Å². The van der Waals surface area contributed by atoms with Crippen LogP contribution in [0, 0.1) is 6.92 Å². The first-order chi connectivity index (χ1) is 16.8. The molecular weight excluding hydrogens is 470 g/mol. The second-order valence-electron chi connectivity index (χ2n) is 7.72. The largest absolute Gasteiger partial charge is 0.507 e. The lowest BCUT2D eigenvalue weighted by atomic mass is 9.95. The molecule has 0 radical (unpaired) electrons. The molecule has 1 atom stereocenters. The van der Waals surface area contributed by atoms with Crippen molar-refractivity contribution in [3.8, 4) is 11.5 Å². The molecule has 0 bridgehead atoms. The summed E-state index contributed by atoms with van der Waals surface area (Å²) in [4.78, 5) is 48.6. The highest BCUT2D eigenvalue weighted by Gasteiger charge is 2.48. The van der Waals surface area contributed by atoms with Crippen LogP contribution in [-0.4, -0.2) is 46.3 Å². The summed E-state index contributed by atoms with van der Waals surface area (Å²) in [5, 5.41) is 11.3. The van der Waals surface area contributed by atoms with E-state index in [9.17, 15) is 19.5 Å². The number of ether oxygens (including phenoxy) is 2. The number of nitrogens with zero attached hydrogens (tertiary/aromatic N) is 3. The molecular formula is C25H23N3O6S. The number of Topliss-reactive ketones (excluding diaryl/α,β-unsaturated/α-hetero) is 2. The number of aliphatic hydroxyl groups is 1. The van der Waals surface area contributed by atoms with Crippen LogP contribution in [0.25, 0.3) is 5.76 Å². The predicted octanol–water partition coefficient (Wildman–Crippen LogP) is 4.08. The van der Waals surface area contributed by atoms with Gasteiger partial charge < -0.3 is 14.6 Å². The van der Waals surface area contributed by atoms with E-state index < -0.39 is 17.7 Å². The molecule has 10 heteroatoms. The average molecular weight is 494 g/mol. The smallest absolute Gasteiger partial charge is 0.301 e. The molecule has 35 heavy (non-hydrogen) atoms. The van der Waals surface area contributed by atoms with Crippen LogP contribution in [0.1, 0.15) is 46.4 Å². The Morgan fingerprint density at radius 1 is 1.17 bits per heavy atom. The van der Waals surface area contributed by atoms with Gasteiger partial charge in [0.25, 0.3) is 5.78 Å². The SMILES string of the molecule is CCOc1ccc(C2/C(=C(\O)c3ccncc3)C(=O)C(=O)N2c2nc(C)c(C(C)=O)s2)cc1OC. The van der Waals surface area contributed by atoms with E-state index in [0.717, 1.165) is 11.3 Å². The number of ketones is 2. The van der Waals surface area contributed by atoms with Crippen LogP contribution in [0.15, 0.2) is 48.3 Å². The predicted molar refractivity (Wildman–Crippen MR) is 130 cm³/mol. The molecule has 4 rings (SSSR count). The van der Waals surface area contributed by atoms with Gasteiger partial charge in [0.05, 0.1) is 35.9 Å². The van der Waals surface area contributed by atoms with Crippen molar-refractivity contribution in [2.24, 2.45) is 0 Å². The number of amides is 1. The summed E-state index contributed by atoms with van der Waals surface area (Å²) in [7, 11) is 1.48. The van der Waals surface area contributed by atoms with E-state index in [4.69, 9.17) is 9.47 Å². The number of aromatic nitrogens is 2. The maximum atomic E-state index is 13.3. The van der Waals surface area contributed by atoms with Crippen LogP contribution in [0.3, 0.4) is 0 Å². The lowest BCUT2D eigenvalue weighted by molar-refractivity contribution is -0.132. The Morgan fingerprint density at radius 2 is 1.89 bits per heavy atom. The number of benzene rings is 1. The number of thiazole rings is 1. The van der Waals surface area contributed by atoms with Gasteiger partial charge in [0, 0.05) is 24.9 Å². The summed E-state index contributed by atoms with van der Waals surface area (Å²) in [5.41, 5.74) is 1.18. The van der Waals surface area contributed by atoms with Gasteiger partial charge in [-0.15, -0.1) is 0 Å². The lowest BCUT2D eigenvalue weighted by Gasteiger charge is -2.24. The first-order valence-corrected chi connectivity index (χ1v) is 11.6. The molecule has 0 saturated carbocycles.